The number of nitrogens with zero attached hydrogens (tertiary/aromatic N) is 2. The molecule has 0 aromatic rings. The molecule has 0 bridgehead atoms. The van der Waals surface area contributed by atoms with Gasteiger partial charge in [0.05, 0.1) is 0 Å². The Morgan fingerprint density at radius 2 is 1.00 bits per heavy atom. The lowest BCUT2D eigenvalue weighted by atomic mass is 10.2. The van der Waals surface area contributed by atoms with Crippen LogP contribution in [0.3, 0.4) is 0 Å². The first-order valence-corrected chi connectivity index (χ1v) is 5.86. The van der Waals surface area contributed by atoms with Crippen LogP contribution in [0.4, 0.5) is 0 Å². The minimum atomic E-state index is 1.31. The highest BCUT2D eigenvalue weighted by Crippen LogP contribution is 2.24. The molecule has 0 saturated carbocycles. The van der Waals surface area contributed by atoms with Crippen molar-refractivity contribution in [3.63, 3.8) is 0 Å². The van der Waals surface area contributed by atoms with Gasteiger partial charge >= 0.3 is 0 Å². The van der Waals surface area contributed by atoms with E-state index in [9.17, 15) is 0 Å². The highest BCUT2D eigenvalue weighted by molar-refractivity contribution is 7.94. The van der Waals surface area contributed by atoms with Gasteiger partial charge in [0.1, 0.15) is 0 Å². The van der Waals surface area contributed by atoms with Crippen LogP contribution in [0.5, 0.6) is 0 Å². The molecule has 2 nitrogen and oxygen atoms in total. The van der Waals surface area contributed by atoms with Crippen LogP contribution in [0.1, 0.15) is 32.1 Å². The van der Waals surface area contributed by atoms with Crippen LogP contribution in [0, 0.1) is 0 Å². The van der Waals surface area contributed by atoms with Crippen LogP contribution < -0.4 is 0 Å². The zero-order chi connectivity index (χ0) is 8.23. The molecule has 2 heterocycles. The second kappa shape index (κ2) is 4.49. The lowest BCUT2D eigenvalue weighted by Crippen LogP contribution is -2.28. The van der Waals surface area contributed by atoms with Crippen LogP contribution in [-0.4, -0.2) is 34.8 Å². The van der Waals surface area contributed by atoms with Gasteiger partial charge in [-0.25, -0.2) is 8.61 Å². The van der Waals surface area contributed by atoms with Crippen LogP contribution in [0.15, 0.2) is 0 Å². The summed E-state index contributed by atoms with van der Waals surface area (Å²) in [4.78, 5) is 0. The summed E-state index contributed by atoms with van der Waals surface area (Å²) in [6, 6.07) is 0. The van der Waals surface area contributed by atoms with Gasteiger partial charge < -0.3 is 0 Å². The number of hydrogen-bond donors (Lipinski definition) is 0. The Morgan fingerprint density at radius 1 is 0.583 bits per heavy atom. The average Bonchev–Trinajstić information content (AvgIpc) is 2.59. The zero-order valence-corrected chi connectivity index (χ0v) is 8.48. The van der Waals surface area contributed by atoms with Gasteiger partial charge in [-0.05, 0) is 25.7 Å². The fourth-order valence-electron chi connectivity index (χ4n) is 1.88. The number of hydrogen-bond acceptors (Lipinski definition) is 3. The molecule has 0 N–H and O–H groups in total. The molecule has 3 heteroatoms. The largest absolute Gasteiger partial charge is 0.237 e. The van der Waals surface area contributed by atoms with E-state index in [4.69, 9.17) is 0 Å². The number of piperidine rings is 1. The minimum Gasteiger partial charge on any atom is -0.237 e. The molecule has 2 saturated heterocycles. The van der Waals surface area contributed by atoms with Crippen LogP contribution in [0.25, 0.3) is 0 Å². The van der Waals surface area contributed by atoms with Crippen LogP contribution in [0.2, 0.25) is 0 Å². The SMILES string of the molecule is C1CCN(SN2CCCC2)CC1. The van der Waals surface area contributed by atoms with Gasteiger partial charge in [0, 0.05) is 38.3 Å². The van der Waals surface area contributed by atoms with E-state index in [2.05, 4.69) is 8.61 Å². The summed E-state index contributed by atoms with van der Waals surface area (Å²) in [6.07, 6.45) is 7.06. The predicted octanol–water partition coefficient (Wildman–Crippen LogP) is 2.13. The maximum Gasteiger partial charge on any atom is 0.0102 e. The molecule has 2 aliphatic heterocycles. The third-order valence-electron chi connectivity index (χ3n) is 2.61. The summed E-state index contributed by atoms with van der Waals surface area (Å²) in [7, 11) is 0. The van der Waals surface area contributed by atoms with E-state index in [0.29, 0.717) is 0 Å². The summed E-state index contributed by atoms with van der Waals surface area (Å²) in [5, 5.41) is 0. The van der Waals surface area contributed by atoms with Crippen LogP contribution in [-0.2, 0) is 0 Å². The van der Waals surface area contributed by atoms with Crippen molar-refractivity contribution in [3.8, 4) is 0 Å². The lowest BCUT2D eigenvalue weighted by molar-refractivity contribution is 0.366. The van der Waals surface area contributed by atoms with Crippen molar-refractivity contribution < 1.29 is 0 Å². The first-order valence-electron chi connectivity index (χ1n) is 5.13. The predicted molar refractivity (Wildman–Crippen MR) is 53.8 cm³/mol. The van der Waals surface area contributed by atoms with E-state index in [1.165, 1.54) is 58.3 Å². The van der Waals surface area contributed by atoms with Crippen molar-refractivity contribution in [2.45, 2.75) is 32.1 Å². The first kappa shape index (κ1) is 8.85. The summed E-state index contributed by atoms with van der Waals surface area (Å²) in [5.74, 6) is 0. The van der Waals surface area contributed by atoms with Gasteiger partial charge in [-0.15, -0.1) is 0 Å². The van der Waals surface area contributed by atoms with E-state index in [-0.39, 0.29) is 0 Å². The third kappa shape index (κ3) is 2.38. The maximum absolute atomic E-state index is 2.54. The first-order chi connectivity index (χ1) is 5.95. The Labute approximate surface area is 79.6 Å². The smallest absolute Gasteiger partial charge is 0.0102 e. The molecule has 0 aromatic carbocycles. The molecule has 12 heavy (non-hydrogen) atoms. The Hall–Kier alpha value is 0.270. The van der Waals surface area contributed by atoms with Gasteiger partial charge in [-0.1, -0.05) is 6.42 Å². The monoisotopic (exact) mass is 186 g/mol. The quantitative estimate of drug-likeness (QED) is 0.610. The van der Waals surface area contributed by atoms with Gasteiger partial charge in [-0.3, -0.25) is 0 Å². The second-order valence-electron chi connectivity index (χ2n) is 3.71. The molecule has 0 amide bonds. The molecule has 0 aliphatic carbocycles. The van der Waals surface area contributed by atoms with Gasteiger partial charge in [0.25, 0.3) is 0 Å². The van der Waals surface area contributed by atoms with Crippen molar-refractivity contribution in [1.29, 1.82) is 0 Å². The van der Waals surface area contributed by atoms with Gasteiger partial charge in [0.2, 0.25) is 0 Å². The minimum absolute atomic E-state index is 1.31. The summed E-state index contributed by atoms with van der Waals surface area (Å²) in [5.41, 5.74) is 0. The normalized spacial score (nSPS) is 28.0. The molecule has 0 aromatic heterocycles. The molecule has 0 radical (unpaired) electrons. The standard InChI is InChI=1S/C9H18N2S/c1-2-6-10(7-3-1)12-11-8-4-5-9-11/h1-9H2. The van der Waals surface area contributed by atoms with Crippen molar-refractivity contribution in [2.24, 2.45) is 0 Å². The Morgan fingerprint density at radius 3 is 1.50 bits per heavy atom. The molecule has 2 rings (SSSR count). The Bertz CT molecular complexity index is 128. The van der Waals surface area contributed by atoms with E-state index in [0.717, 1.165) is 0 Å². The third-order valence-corrected chi connectivity index (χ3v) is 3.80. The van der Waals surface area contributed by atoms with E-state index >= 15 is 0 Å². The molecule has 2 aliphatic rings. The Kier molecular flexibility index (Phi) is 3.31. The summed E-state index contributed by atoms with van der Waals surface area (Å²) >= 11 is 1.99. The fourth-order valence-corrected chi connectivity index (χ4v) is 3.05. The van der Waals surface area contributed by atoms with Crippen molar-refractivity contribution in [2.75, 3.05) is 26.2 Å². The molecule has 0 spiro atoms. The average molecular weight is 186 g/mol. The molecule has 2 fully saturated rings. The van der Waals surface area contributed by atoms with E-state index in [1.54, 1.807) is 0 Å². The van der Waals surface area contributed by atoms with Crippen molar-refractivity contribution in [1.82, 2.24) is 8.61 Å². The molecule has 0 atom stereocenters. The fraction of sp³-hybridized carbons (Fsp3) is 1.00. The molecule has 0 unspecified atom stereocenters. The zero-order valence-electron chi connectivity index (χ0n) is 7.67. The molecular formula is C9H18N2S. The van der Waals surface area contributed by atoms with Gasteiger partial charge in [0.15, 0.2) is 0 Å². The number of rotatable bonds is 2. The molecular weight excluding hydrogens is 168 g/mol. The van der Waals surface area contributed by atoms with E-state index < -0.39 is 0 Å². The highest BCUT2D eigenvalue weighted by Gasteiger charge is 2.17. The van der Waals surface area contributed by atoms with Gasteiger partial charge in [-0.2, -0.15) is 0 Å². The van der Waals surface area contributed by atoms with Crippen molar-refractivity contribution in [3.05, 3.63) is 0 Å². The Balaban J connectivity index is 1.69. The second-order valence-corrected chi connectivity index (χ2v) is 4.90. The van der Waals surface area contributed by atoms with E-state index in [1.807, 2.05) is 12.1 Å². The molecule has 70 valence electrons. The highest BCUT2D eigenvalue weighted by atomic mass is 32.2. The van der Waals surface area contributed by atoms with Crippen molar-refractivity contribution >= 4 is 12.1 Å². The summed E-state index contributed by atoms with van der Waals surface area (Å²) in [6.45, 7) is 5.23. The van der Waals surface area contributed by atoms with Crippen LogP contribution >= 0.6 is 12.1 Å². The lowest BCUT2D eigenvalue weighted by Gasteiger charge is -2.28. The topological polar surface area (TPSA) is 6.48 Å². The summed E-state index contributed by atoms with van der Waals surface area (Å²) < 4.78 is 5.06. The maximum atomic E-state index is 2.54.